The zero-order valence-electron chi connectivity index (χ0n) is 18.2. The fraction of sp³-hybridized carbons (Fsp3) is 0.250. The number of aromatic nitrogens is 1. The predicted molar refractivity (Wildman–Crippen MR) is 126 cm³/mol. The molecule has 0 spiro atoms. The van der Waals surface area contributed by atoms with Crippen molar-refractivity contribution in [2.24, 2.45) is 0 Å². The number of carbonyl (C=O) groups excluding carboxylic acids is 2. The molecular formula is C24H23N3O6S. The summed E-state index contributed by atoms with van der Waals surface area (Å²) in [6.45, 7) is 0.435. The third-order valence-corrected chi connectivity index (χ3v) is 6.33. The van der Waals surface area contributed by atoms with Crippen molar-refractivity contribution < 1.29 is 28.8 Å². The molecular weight excluding hydrogens is 458 g/mol. The van der Waals surface area contributed by atoms with Gasteiger partial charge in [-0.05, 0) is 22.3 Å². The quantitative estimate of drug-likeness (QED) is 0.376. The Hall–Kier alpha value is -3.79. The lowest BCUT2D eigenvalue weighted by Gasteiger charge is -2.14. The Morgan fingerprint density at radius 1 is 1.03 bits per heavy atom. The molecule has 1 aliphatic carbocycles. The van der Waals surface area contributed by atoms with Crippen LogP contribution in [0, 0.1) is 0 Å². The Labute approximate surface area is 199 Å². The number of nitrogens with one attached hydrogen (secondary N) is 2. The van der Waals surface area contributed by atoms with Crippen LogP contribution in [-0.2, 0) is 16.1 Å². The van der Waals surface area contributed by atoms with Gasteiger partial charge in [0, 0.05) is 18.2 Å². The van der Waals surface area contributed by atoms with Crippen LogP contribution in [-0.4, -0.2) is 52.9 Å². The van der Waals surface area contributed by atoms with Gasteiger partial charge in [0.2, 0.25) is 0 Å². The molecule has 10 heteroatoms. The second kappa shape index (κ2) is 10.9. The van der Waals surface area contributed by atoms with Gasteiger partial charge in [0.05, 0.1) is 12.3 Å². The van der Waals surface area contributed by atoms with Crippen molar-refractivity contribution in [1.29, 1.82) is 0 Å². The number of fused-ring (bicyclic) bond motifs is 3. The Kier molecular flexibility index (Phi) is 7.48. The highest BCUT2D eigenvalue weighted by Gasteiger charge is 2.29. The summed E-state index contributed by atoms with van der Waals surface area (Å²) in [5, 5.41) is 17.7. The van der Waals surface area contributed by atoms with Gasteiger partial charge in [0.1, 0.15) is 24.1 Å². The molecule has 2 amide bonds. The van der Waals surface area contributed by atoms with Crippen LogP contribution in [0.5, 0.6) is 0 Å². The fourth-order valence-electron chi connectivity index (χ4n) is 3.87. The Bertz CT molecular complexity index is 1150. The van der Waals surface area contributed by atoms with Crippen molar-refractivity contribution >= 4 is 29.7 Å². The van der Waals surface area contributed by atoms with E-state index in [1.54, 1.807) is 0 Å². The van der Waals surface area contributed by atoms with Gasteiger partial charge >= 0.3 is 12.1 Å². The Balaban J connectivity index is 1.28. The summed E-state index contributed by atoms with van der Waals surface area (Å²) in [7, 11) is 0. The second-order valence-corrected chi connectivity index (χ2v) is 8.66. The molecule has 0 atom stereocenters. The van der Waals surface area contributed by atoms with E-state index in [0.717, 1.165) is 22.3 Å². The predicted octanol–water partition coefficient (Wildman–Crippen LogP) is 3.26. The molecule has 0 saturated carbocycles. The van der Waals surface area contributed by atoms with E-state index in [-0.39, 0.29) is 36.1 Å². The van der Waals surface area contributed by atoms with Gasteiger partial charge in [-0.1, -0.05) is 53.7 Å². The number of ether oxygens (including phenoxy) is 1. The van der Waals surface area contributed by atoms with Gasteiger partial charge in [0.25, 0.3) is 5.91 Å². The third-order valence-electron chi connectivity index (χ3n) is 5.39. The minimum Gasteiger partial charge on any atom is -0.481 e. The number of hydrogen-bond donors (Lipinski definition) is 3. The van der Waals surface area contributed by atoms with Crippen LogP contribution < -0.4 is 10.6 Å². The van der Waals surface area contributed by atoms with Crippen LogP contribution >= 0.6 is 11.8 Å². The first-order valence-electron chi connectivity index (χ1n) is 10.6. The standard InChI is InChI=1S/C24H23N3O6S/c28-22(29)14-34-10-9-25-23(30)20-13-33-27-21(20)11-26-24(31)32-12-19-17-7-3-1-5-15(17)16-6-2-4-8-18(16)19/h1-8,13,19H,9-12,14H2,(H,25,30)(H,26,31)(H,28,29). The molecule has 3 aromatic rings. The highest BCUT2D eigenvalue weighted by atomic mass is 32.2. The molecule has 0 radical (unpaired) electrons. The molecule has 2 aromatic carbocycles. The highest BCUT2D eigenvalue weighted by molar-refractivity contribution is 7.99. The van der Waals surface area contributed by atoms with Crippen LogP contribution in [0.2, 0.25) is 0 Å². The van der Waals surface area contributed by atoms with Crippen molar-refractivity contribution in [1.82, 2.24) is 15.8 Å². The first-order chi connectivity index (χ1) is 16.5. The van der Waals surface area contributed by atoms with Crippen molar-refractivity contribution in [3.8, 4) is 11.1 Å². The van der Waals surface area contributed by atoms with Crippen molar-refractivity contribution in [3.05, 3.63) is 77.2 Å². The van der Waals surface area contributed by atoms with Crippen molar-refractivity contribution in [2.45, 2.75) is 12.5 Å². The van der Waals surface area contributed by atoms with E-state index in [0.29, 0.717) is 12.3 Å². The number of aliphatic carboxylic acids is 1. The first-order valence-corrected chi connectivity index (χ1v) is 11.8. The number of thioether (sulfide) groups is 1. The number of nitrogens with zero attached hydrogens (tertiary/aromatic N) is 1. The number of carboxylic acids is 1. The fourth-order valence-corrected chi connectivity index (χ4v) is 4.43. The number of benzene rings is 2. The van der Waals surface area contributed by atoms with Crippen molar-refractivity contribution in [2.75, 3.05) is 24.7 Å². The minimum absolute atomic E-state index is 0.0293. The topological polar surface area (TPSA) is 131 Å². The maximum absolute atomic E-state index is 12.4. The number of amides is 2. The summed E-state index contributed by atoms with van der Waals surface area (Å²) < 4.78 is 10.4. The molecule has 3 N–H and O–H groups in total. The lowest BCUT2D eigenvalue weighted by molar-refractivity contribution is -0.133. The first kappa shape index (κ1) is 23.4. The lowest BCUT2D eigenvalue weighted by atomic mass is 9.98. The van der Waals surface area contributed by atoms with Crippen molar-refractivity contribution in [3.63, 3.8) is 0 Å². The molecule has 176 valence electrons. The summed E-state index contributed by atoms with van der Waals surface area (Å²) in [5.74, 6) is -0.946. The monoisotopic (exact) mass is 481 g/mol. The number of carboxylic acid groups (broad SMARTS) is 1. The molecule has 4 rings (SSSR count). The molecule has 9 nitrogen and oxygen atoms in total. The Morgan fingerprint density at radius 2 is 1.71 bits per heavy atom. The smallest absolute Gasteiger partial charge is 0.407 e. The largest absolute Gasteiger partial charge is 0.481 e. The SMILES string of the molecule is O=C(O)CSCCNC(=O)c1conc1CNC(=O)OCC1c2ccccc2-c2ccccc21. The average molecular weight is 482 g/mol. The molecule has 1 aliphatic rings. The lowest BCUT2D eigenvalue weighted by Crippen LogP contribution is -2.29. The number of carbonyl (C=O) groups is 3. The zero-order valence-corrected chi connectivity index (χ0v) is 19.0. The molecule has 34 heavy (non-hydrogen) atoms. The van der Waals surface area contributed by atoms with E-state index < -0.39 is 18.0 Å². The molecule has 0 saturated heterocycles. The molecule has 1 heterocycles. The van der Waals surface area contributed by atoms with Crippen LogP contribution in [0.15, 0.2) is 59.3 Å². The van der Waals surface area contributed by atoms with E-state index >= 15 is 0 Å². The maximum atomic E-state index is 12.4. The molecule has 0 fully saturated rings. The van der Waals surface area contributed by atoms with E-state index in [1.807, 2.05) is 36.4 Å². The summed E-state index contributed by atoms with van der Waals surface area (Å²) in [6, 6.07) is 16.1. The van der Waals surface area contributed by atoms with E-state index in [2.05, 4.69) is 27.9 Å². The van der Waals surface area contributed by atoms with Gasteiger partial charge in [-0.2, -0.15) is 0 Å². The van der Waals surface area contributed by atoms with Crippen LogP contribution in [0.1, 0.15) is 33.1 Å². The van der Waals surface area contributed by atoms with E-state index in [1.165, 1.54) is 18.0 Å². The van der Waals surface area contributed by atoms with Gasteiger partial charge in [-0.15, -0.1) is 11.8 Å². The summed E-state index contributed by atoms with van der Waals surface area (Å²) in [5.41, 5.74) is 4.99. The van der Waals surface area contributed by atoms with E-state index in [4.69, 9.17) is 14.4 Å². The number of hydrogen-bond acceptors (Lipinski definition) is 7. The van der Waals surface area contributed by atoms with Gasteiger partial charge < -0.3 is 25.0 Å². The Morgan fingerprint density at radius 3 is 2.38 bits per heavy atom. The maximum Gasteiger partial charge on any atom is 0.407 e. The number of rotatable bonds is 10. The normalized spacial score (nSPS) is 12.0. The van der Waals surface area contributed by atoms with Crippen LogP contribution in [0.3, 0.4) is 0 Å². The summed E-state index contributed by atoms with van der Waals surface area (Å²) >= 11 is 1.20. The highest BCUT2D eigenvalue weighted by Crippen LogP contribution is 2.44. The molecule has 0 unspecified atom stereocenters. The van der Waals surface area contributed by atoms with Crippen LogP contribution in [0.25, 0.3) is 11.1 Å². The average Bonchev–Trinajstić information content (AvgIpc) is 3.44. The van der Waals surface area contributed by atoms with Gasteiger partial charge in [-0.3, -0.25) is 9.59 Å². The van der Waals surface area contributed by atoms with Crippen LogP contribution in [0.4, 0.5) is 4.79 Å². The molecule has 1 aromatic heterocycles. The molecule has 0 aliphatic heterocycles. The van der Waals surface area contributed by atoms with Gasteiger partial charge in [-0.25, -0.2) is 4.79 Å². The third kappa shape index (κ3) is 5.40. The van der Waals surface area contributed by atoms with Gasteiger partial charge in [0.15, 0.2) is 0 Å². The summed E-state index contributed by atoms with van der Waals surface area (Å²) in [4.78, 5) is 35.2. The minimum atomic E-state index is -0.906. The molecule has 0 bridgehead atoms. The second-order valence-electron chi connectivity index (χ2n) is 7.56. The zero-order chi connectivity index (χ0) is 23.9. The number of alkyl carbamates (subject to hydrolysis) is 1. The van der Waals surface area contributed by atoms with E-state index in [9.17, 15) is 14.4 Å². The summed E-state index contributed by atoms with van der Waals surface area (Å²) in [6.07, 6.45) is 0.579.